The Kier molecular flexibility index (Phi) is 30.1. The molecule has 0 bridgehead atoms. The molecule has 18 rings (SSSR count). The van der Waals surface area contributed by atoms with Crippen LogP contribution in [-0.2, 0) is 9.47 Å². The van der Waals surface area contributed by atoms with Crippen LogP contribution in [0.5, 0.6) is 74.7 Å². The Morgan fingerprint density at radius 1 is 0.241 bits per heavy atom. The van der Waals surface area contributed by atoms with E-state index in [-0.39, 0.29) is 68.9 Å². The normalized spacial score (nSPS) is 10.6. The Labute approximate surface area is 808 Å². The molecule has 0 saturated heterocycles. The van der Waals surface area contributed by atoms with E-state index in [9.17, 15) is 39.6 Å². The van der Waals surface area contributed by atoms with E-state index in [4.69, 9.17) is 79.8 Å². The molecule has 0 aliphatic carbocycles. The van der Waals surface area contributed by atoms with Gasteiger partial charge in [-0.05, 0) is 166 Å². The Bertz CT molecular complexity index is 7610. The third kappa shape index (κ3) is 23.2. The summed E-state index contributed by atoms with van der Waals surface area (Å²) >= 11 is 0. The van der Waals surface area contributed by atoms with Crippen molar-refractivity contribution >= 4 is 29.4 Å². The molecule has 2 amide bonds. The summed E-state index contributed by atoms with van der Waals surface area (Å²) < 4.78 is 48.2. The first kappa shape index (κ1) is 96.2. The van der Waals surface area contributed by atoms with Crippen LogP contribution in [0.3, 0.4) is 0 Å². The Morgan fingerprint density at radius 3 is 0.894 bits per heavy atom. The van der Waals surface area contributed by atoms with Gasteiger partial charge in [0.05, 0.1) is 99.8 Å². The lowest BCUT2D eigenvalue weighted by molar-refractivity contribution is 0.0592. The molecule has 32 heteroatoms. The number of phenolic OH excluding ortho intramolecular Hbond substituents is 4. The zero-order valence-electron chi connectivity index (χ0n) is 77.2. The number of ether oxygens (including phenoxy) is 9. The third-order valence-corrected chi connectivity index (χ3v) is 21.5. The number of aryl methyl sites for hydroxylation is 2. The summed E-state index contributed by atoms with van der Waals surface area (Å²) in [5.74, 6) is 5.82. The van der Waals surface area contributed by atoms with Gasteiger partial charge in [0.15, 0.2) is 69.9 Å². The molecule has 0 saturated carbocycles. The molecule has 4 aromatic heterocycles. The van der Waals surface area contributed by atoms with Crippen molar-refractivity contribution in [3.05, 3.63) is 349 Å². The van der Waals surface area contributed by atoms with Gasteiger partial charge in [0, 0.05) is 68.9 Å². The van der Waals surface area contributed by atoms with Crippen molar-refractivity contribution in [2.75, 3.05) is 55.5 Å². The highest BCUT2D eigenvalue weighted by molar-refractivity contribution is 5.98. The van der Waals surface area contributed by atoms with E-state index in [1.165, 1.54) is 79.1 Å². The van der Waals surface area contributed by atoms with Gasteiger partial charge in [-0.1, -0.05) is 151 Å². The lowest BCUT2D eigenvalue weighted by atomic mass is 10.1. The van der Waals surface area contributed by atoms with Crippen molar-refractivity contribution in [1.82, 2.24) is 59.8 Å². The number of phenols is 4. The van der Waals surface area contributed by atoms with Gasteiger partial charge in [-0.15, -0.1) is 0 Å². The van der Waals surface area contributed by atoms with Gasteiger partial charge in [0.1, 0.15) is 74.7 Å². The van der Waals surface area contributed by atoms with Crippen LogP contribution in [0.15, 0.2) is 315 Å². The van der Waals surface area contributed by atoms with Crippen molar-refractivity contribution in [3.63, 3.8) is 0 Å². The molecule has 0 aliphatic rings. The summed E-state index contributed by atoms with van der Waals surface area (Å²) in [4.78, 5) is 103. The number of methoxy groups -OCH3 is 7. The lowest BCUT2D eigenvalue weighted by Crippen LogP contribution is -2.13. The standard InChI is InChI=1S/C35H26N4O5.C26H23N3O4.C25H21N3O5.C23H19N5O3/c1-42-25-17-18-26(29(40)19-25)34-37-33(22-11-5-2-6-12-22)38-35(39-34)28-21-30(43-23-13-7-3-8-14-23)27(32(36)41)20-31(28)44-24-15-9-4-10-16-24;1-15-11-16(2)13-19(12-15)24-27-23(17-5-7-18(8-6-17)26(31)33-4)28-25(29-24)21-10-9-20(32-3)14-22(21)30;1-31-17-12-13-18(20(29)14-17)23-26-22(15-8-10-16(11-9-15)25(30)33-3)27-24(28-23)19-6-4-5-7-21(19)32-2;1-31-15-8-10-17(19(29)12-15)23-27-21(13-5-3-2-4-6-13)26-22(28-23)16-9-7-14(20(25)30)11-18(16)24/h2-21,40H,1H3,(H2,36,41);5-14,30H,1-4H3;4-14,29H,1-3H3;2-12,29H,24H2,1H3,(H2,25,30). The van der Waals surface area contributed by atoms with Gasteiger partial charge in [-0.3, -0.25) is 9.59 Å². The zero-order valence-corrected chi connectivity index (χ0v) is 77.2. The van der Waals surface area contributed by atoms with Gasteiger partial charge in [-0.25, -0.2) is 69.4 Å². The molecule has 14 aromatic carbocycles. The minimum absolute atomic E-state index is 0.00101. The van der Waals surface area contributed by atoms with Crippen molar-refractivity contribution < 1.29 is 82.2 Å². The molecule has 10 N–H and O–H groups in total. The minimum Gasteiger partial charge on any atom is -0.507 e. The minimum atomic E-state index is -0.704. The monoisotopic (exact) mass is 1880 g/mol. The maximum atomic E-state index is 12.6. The average molecular weight is 1880 g/mol. The number of nitrogen functional groups attached to an aromatic ring is 1. The number of esters is 2. The highest BCUT2D eigenvalue weighted by atomic mass is 16.5. The second-order valence-electron chi connectivity index (χ2n) is 30.9. The summed E-state index contributed by atoms with van der Waals surface area (Å²) in [6, 6.07) is 91.3. The summed E-state index contributed by atoms with van der Waals surface area (Å²) in [7, 11) is 10.3. The van der Waals surface area contributed by atoms with Crippen LogP contribution >= 0.6 is 0 Å². The number of benzene rings is 14. The van der Waals surface area contributed by atoms with Crippen LogP contribution in [-0.4, -0.2) is 154 Å². The second kappa shape index (κ2) is 44.2. The van der Waals surface area contributed by atoms with Crippen LogP contribution in [0, 0.1) is 13.8 Å². The SMILES string of the molecule is COC(=O)c1ccc(-c2nc(-c3cc(C)cc(C)c3)nc(-c3ccc(OC)cc3O)n2)cc1.COC(=O)c1ccc(-c2nc(-c3ccc(OC)cc3O)nc(-c3ccccc3OC)n2)cc1.COc1ccc(-c2nc(-c3ccccc3)nc(-c3cc(Oc4ccccc4)c(C(N)=O)cc3Oc3ccccc3)n2)c(O)c1.COc1ccc(-c2nc(-c3ccccc3)nc(-c3ccc(C(N)=O)cc3N)n2)c(O)c1. The first-order valence-electron chi connectivity index (χ1n) is 43.2. The van der Waals surface area contributed by atoms with Gasteiger partial charge >= 0.3 is 11.9 Å². The largest absolute Gasteiger partial charge is 0.507 e. The maximum Gasteiger partial charge on any atom is 0.337 e. The van der Waals surface area contributed by atoms with Gasteiger partial charge in [-0.2, -0.15) is 0 Å². The molecule has 0 spiro atoms. The first-order valence-corrected chi connectivity index (χ1v) is 43.2. The number of amides is 2. The molecule has 702 valence electrons. The van der Waals surface area contributed by atoms with E-state index in [1.54, 1.807) is 147 Å². The number of primary amides is 2. The smallest absolute Gasteiger partial charge is 0.337 e. The number of hydrogen-bond donors (Lipinski definition) is 7. The predicted molar refractivity (Wildman–Crippen MR) is 531 cm³/mol. The van der Waals surface area contributed by atoms with Crippen molar-refractivity contribution in [2.24, 2.45) is 11.5 Å². The predicted octanol–water partition coefficient (Wildman–Crippen LogP) is 19.9. The molecule has 0 radical (unpaired) electrons. The fourth-order valence-electron chi connectivity index (χ4n) is 14.4. The van der Waals surface area contributed by atoms with Crippen molar-refractivity contribution in [2.45, 2.75) is 13.8 Å². The second-order valence-corrected chi connectivity index (χ2v) is 30.9. The van der Waals surface area contributed by atoms with Crippen molar-refractivity contribution in [3.8, 4) is 211 Å². The average Bonchev–Trinajstić information content (AvgIpc) is 0.778. The number of aromatic nitrogens is 12. The molecule has 141 heavy (non-hydrogen) atoms. The number of rotatable bonds is 25. The van der Waals surface area contributed by atoms with E-state index in [0.29, 0.717) is 154 Å². The van der Waals surface area contributed by atoms with Crippen LogP contribution in [0.25, 0.3) is 137 Å². The first-order chi connectivity index (χ1) is 68.3. The number of carbonyl (C=O) groups is 4. The molecule has 4 heterocycles. The number of nitrogens with two attached hydrogens (primary N) is 3. The highest BCUT2D eigenvalue weighted by Gasteiger charge is 2.27. The quantitative estimate of drug-likeness (QED) is 0.0206. The number of hydrogen-bond acceptors (Lipinski definition) is 30. The molecule has 0 unspecified atom stereocenters. The molecular formula is C109H89N15O17. The molecule has 18 aromatic rings. The molecule has 0 fully saturated rings. The summed E-state index contributed by atoms with van der Waals surface area (Å²) in [6.07, 6.45) is 0. The van der Waals surface area contributed by atoms with E-state index < -0.39 is 23.8 Å². The maximum absolute atomic E-state index is 12.6. The Hall–Kier alpha value is -19.4. The third-order valence-electron chi connectivity index (χ3n) is 21.5. The van der Waals surface area contributed by atoms with Gasteiger partial charge in [0.25, 0.3) is 5.91 Å². The number of nitrogens with zero attached hydrogens (tertiary/aromatic N) is 12. The van der Waals surface area contributed by atoms with Crippen LogP contribution in [0.1, 0.15) is 52.6 Å². The van der Waals surface area contributed by atoms with E-state index in [0.717, 1.165) is 27.8 Å². The number of carbonyl (C=O) groups excluding carboxylic acids is 4. The van der Waals surface area contributed by atoms with Gasteiger partial charge in [0.2, 0.25) is 5.91 Å². The molecule has 32 nitrogen and oxygen atoms in total. The van der Waals surface area contributed by atoms with Crippen LogP contribution < -0.4 is 50.4 Å². The zero-order chi connectivity index (χ0) is 99.3. The summed E-state index contributed by atoms with van der Waals surface area (Å²) in [5.41, 5.74) is 27.9. The summed E-state index contributed by atoms with van der Waals surface area (Å²) in [6.45, 7) is 4.03. The topological polar surface area (TPSA) is 465 Å². The molecule has 0 atom stereocenters. The fourth-order valence-corrected chi connectivity index (χ4v) is 14.4. The molecule has 0 aliphatic heterocycles. The summed E-state index contributed by atoms with van der Waals surface area (Å²) in [5, 5.41) is 42.5. The number of anilines is 1. The van der Waals surface area contributed by atoms with E-state index in [2.05, 4.69) is 45.9 Å². The fraction of sp³-hybridized carbons (Fsp3) is 0.0826. The number of para-hydroxylation sites is 3. The van der Waals surface area contributed by atoms with E-state index in [1.807, 2.05) is 147 Å². The highest BCUT2D eigenvalue weighted by Crippen LogP contribution is 2.44. The lowest BCUT2D eigenvalue weighted by Gasteiger charge is -2.17. The molecular weight excluding hydrogens is 1790 g/mol. The van der Waals surface area contributed by atoms with Gasteiger partial charge < -0.3 is 80.3 Å². The Morgan fingerprint density at radius 2 is 0.546 bits per heavy atom. The number of aromatic hydroxyl groups is 4. The van der Waals surface area contributed by atoms with Crippen LogP contribution in [0.2, 0.25) is 0 Å². The van der Waals surface area contributed by atoms with E-state index >= 15 is 0 Å². The van der Waals surface area contributed by atoms with Crippen LogP contribution in [0.4, 0.5) is 5.69 Å². The van der Waals surface area contributed by atoms with Crippen molar-refractivity contribution in [1.29, 1.82) is 0 Å². The Balaban J connectivity index is 0.000000143.